The van der Waals surface area contributed by atoms with Crippen LogP contribution in [0.2, 0.25) is 0 Å². The first-order valence-corrected chi connectivity index (χ1v) is 22.2. The molecule has 0 aromatic heterocycles. The Hall–Kier alpha value is -4.25. The summed E-state index contributed by atoms with van der Waals surface area (Å²) in [6, 6.07) is 38.3. The van der Waals surface area contributed by atoms with Gasteiger partial charge in [-0.1, -0.05) is 104 Å². The zero-order valence-electron chi connectivity index (χ0n) is 37.1. The zero-order valence-corrected chi connectivity index (χ0v) is 37.1. The van der Waals surface area contributed by atoms with Crippen molar-refractivity contribution in [2.24, 2.45) is 0 Å². The second-order valence-electron chi connectivity index (χ2n) is 14.1. The molecule has 4 aromatic rings. The van der Waals surface area contributed by atoms with Crippen molar-refractivity contribution in [2.75, 3.05) is 144 Å². The molecule has 4 aromatic carbocycles. The first-order valence-electron chi connectivity index (χ1n) is 22.2. The maximum absolute atomic E-state index is 12.2. The number of hydrogen-bond donors (Lipinski definition) is 1. The van der Waals surface area contributed by atoms with E-state index in [1.165, 1.54) is 0 Å². The Labute approximate surface area is 374 Å². The molecule has 0 radical (unpaired) electrons. The molecule has 0 unspecified atom stereocenters. The number of carbonyl (C=O) groups is 1. The van der Waals surface area contributed by atoms with Crippen molar-refractivity contribution in [3.63, 3.8) is 0 Å². The molecule has 0 bridgehead atoms. The van der Waals surface area contributed by atoms with Crippen LogP contribution in [0.4, 0.5) is 5.69 Å². The summed E-state index contributed by atoms with van der Waals surface area (Å²) in [5.41, 5.74) is 3.94. The molecule has 13 nitrogen and oxygen atoms in total. The zero-order chi connectivity index (χ0) is 44.1. The summed E-state index contributed by atoms with van der Waals surface area (Å²) in [7, 11) is 0. The molecule has 0 aliphatic rings. The van der Waals surface area contributed by atoms with Crippen LogP contribution in [0, 0.1) is 0 Å². The van der Waals surface area contributed by atoms with Crippen molar-refractivity contribution in [1.82, 2.24) is 0 Å². The quantitative estimate of drug-likeness (QED) is 0.0276. The van der Waals surface area contributed by atoms with Gasteiger partial charge in [0.25, 0.3) is 0 Å². The lowest BCUT2D eigenvalue weighted by molar-refractivity contribution is -0.0399. The van der Waals surface area contributed by atoms with Crippen molar-refractivity contribution in [3.05, 3.63) is 138 Å². The third-order valence-electron chi connectivity index (χ3n) is 9.50. The van der Waals surface area contributed by atoms with Gasteiger partial charge in [-0.3, -0.25) is 0 Å². The van der Waals surface area contributed by atoms with Gasteiger partial charge in [-0.2, -0.15) is 0 Å². The Bertz CT molecular complexity index is 1570. The molecule has 63 heavy (non-hydrogen) atoms. The van der Waals surface area contributed by atoms with Crippen LogP contribution in [0.1, 0.15) is 46.8 Å². The molecular formula is C50H69NO12. The number of benzene rings is 4. The van der Waals surface area contributed by atoms with Crippen molar-refractivity contribution in [2.45, 2.75) is 25.4 Å². The molecule has 0 atom stereocenters. The normalized spacial score (nSPS) is 11.5. The van der Waals surface area contributed by atoms with Crippen LogP contribution < -0.4 is 5.32 Å². The second kappa shape index (κ2) is 34.2. The van der Waals surface area contributed by atoms with Crippen molar-refractivity contribution < 1.29 is 56.9 Å². The summed E-state index contributed by atoms with van der Waals surface area (Å²) in [6.07, 6.45) is 2.24. The van der Waals surface area contributed by atoms with E-state index in [0.29, 0.717) is 131 Å². The maximum Gasteiger partial charge on any atom is 0.338 e. The lowest BCUT2D eigenvalue weighted by Crippen LogP contribution is -2.34. The molecule has 13 heteroatoms. The minimum Gasteiger partial charge on any atom is -0.460 e. The number of esters is 1. The third-order valence-corrected chi connectivity index (χ3v) is 9.50. The third kappa shape index (κ3) is 21.3. The van der Waals surface area contributed by atoms with Gasteiger partial charge < -0.3 is 57.4 Å². The van der Waals surface area contributed by atoms with Crippen molar-refractivity contribution >= 4 is 11.7 Å². The first-order chi connectivity index (χ1) is 31.2. The number of rotatable bonds is 39. The number of anilines is 1. The topological polar surface area (TPSA) is 131 Å². The van der Waals surface area contributed by atoms with Crippen LogP contribution in [-0.4, -0.2) is 145 Å². The molecule has 4 rings (SSSR count). The molecule has 0 saturated carbocycles. The first kappa shape index (κ1) is 51.4. The van der Waals surface area contributed by atoms with Gasteiger partial charge in [-0.15, -0.1) is 0 Å². The van der Waals surface area contributed by atoms with E-state index in [2.05, 4.69) is 48.6 Å². The molecule has 0 aliphatic carbocycles. The van der Waals surface area contributed by atoms with Gasteiger partial charge in [0.2, 0.25) is 0 Å². The number of nitrogens with one attached hydrogen (secondary N) is 1. The van der Waals surface area contributed by atoms with Gasteiger partial charge in [0.15, 0.2) is 0 Å². The van der Waals surface area contributed by atoms with Crippen molar-refractivity contribution in [3.8, 4) is 0 Å². The fourth-order valence-corrected chi connectivity index (χ4v) is 6.29. The van der Waals surface area contributed by atoms with Crippen molar-refractivity contribution in [1.29, 1.82) is 0 Å². The van der Waals surface area contributed by atoms with E-state index in [9.17, 15) is 4.79 Å². The van der Waals surface area contributed by atoms with Crippen LogP contribution in [0.3, 0.4) is 0 Å². The molecule has 0 heterocycles. The summed E-state index contributed by atoms with van der Waals surface area (Å²) in [4.78, 5) is 12.2. The fraction of sp³-hybridized carbons (Fsp3) is 0.500. The Morgan fingerprint density at radius 3 is 1.06 bits per heavy atom. The van der Waals surface area contributed by atoms with E-state index in [0.717, 1.165) is 41.8 Å². The molecule has 0 aliphatic heterocycles. The van der Waals surface area contributed by atoms with Gasteiger partial charge in [0.05, 0.1) is 131 Å². The Balaban J connectivity index is 0.851. The Kier molecular flexibility index (Phi) is 27.9. The van der Waals surface area contributed by atoms with Gasteiger partial charge in [0.1, 0.15) is 12.2 Å². The average Bonchev–Trinajstić information content (AvgIpc) is 3.33. The molecule has 1 N–H and O–H groups in total. The predicted octanol–water partition coefficient (Wildman–Crippen LogP) is 7.21. The van der Waals surface area contributed by atoms with Gasteiger partial charge in [-0.05, 0) is 47.4 Å². The number of hydrogen-bond acceptors (Lipinski definition) is 13. The largest absolute Gasteiger partial charge is 0.460 e. The standard InChI is InChI=1S/C50H69NO12/c1-2-3-23-51-48-21-19-44(20-22-48)49(52)62-42-40-60-38-36-58-34-32-56-30-28-54-26-24-53-25-27-55-29-31-57-33-35-59-37-39-61-41-43-63-50(45-13-7-4-8-14-45,46-15-9-5-10-16-46)47-17-11-6-12-18-47/h4-22,51H,2-3,23-43H2,1H3. The van der Waals surface area contributed by atoms with E-state index < -0.39 is 5.60 Å². The highest BCUT2D eigenvalue weighted by atomic mass is 16.6. The molecular weight excluding hydrogens is 807 g/mol. The number of ether oxygens (including phenoxy) is 11. The summed E-state index contributed by atoms with van der Waals surface area (Å²) >= 11 is 0. The van der Waals surface area contributed by atoms with Crippen LogP contribution in [0.25, 0.3) is 0 Å². The molecule has 346 valence electrons. The Morgan fingerprint density at radius 1 is 0.413 bits per heavy atom. The van der Waals surface area contributed by atoms with Gasteiger partial charge >= 0.3 is 5.97 Å². The van der Waals surface area contributed by atoms with E-state index in [1.807, 2.05) is 66.7 Å². The van der Waals surface area contributed by atoms with E-state index in [-0.39, 0.29) is 12.6 Å². The number of unbranched alkanes of at least 4 members (excludes halogenated alkanes) is 1. The SMILES string of the molecule is CCCCNc1ccc(C(=O)OCCOCCOCCOCCOCCOCCOCCOCCOCCOCCOC(c2ccccc2)(c2ccccc2)c2ccccc2)cc1. The summed E-state index contributed by atoms with van der Waals surface area (Å²) in [5.74, 6) is -0.363. The monoisotopic (exact) mass is 875 g/mol. The summed E-state index contributed by atoms with van der Waals surface area (Å²) in [6.45, 7) is 11.9. The smallest absolute Gasteiger partial charge is 0.338 e. The lowest BCUT2D eigenvalue weighted by Gasteiger charge is -2.36. The van der Waals surface area contributed by atoms with Gasteiger partial charge in [0, 0.05) is 12.2 Å². The second-order valence-corrected chi connectivity index (χ2v) is 14.1. The fourth-order valence-electron chi connectivity index (χ4n) is 6.29. The van der Waals surface area contributed by atoms with E-state index >= 15 is 0 Å². The predicted molar refractivity (Wildman–Crippen MR) is 243 cm³/mol. The molecule has 0 saturated heterocycles. The highest BCUT2D eigenvalue weighted by molar-refractivity contribution is 5.89. The molecule has 0 spiro atoms. The van der Waals surface area contributed by atoms with Crippen LogP contribution >= 0.6 is 0 Å². The highest BCUT2D eigenvalue weighted by Crippen LogP contribution is 2.40. The minimum atomic E-state index is -0.758. The van der Waals surface area contributed by atoms with E-state index in [4.69, 9.17) is 52.1 Å². The van der Waals surface area contributed by atoms with Gasteiger partial charge in [-0.25, -0.2) is 4.79 Å². The summed E-state index contributed by atoms with van der Waals surface area (Å²) in [5, 5.41) is 3.32. The van der Waals surface area contributed by atoms with E-state index in [1.54, 1.807) is 12.1 Å². The highest BCUT2D eigenvalue weighted by Gasteiger charge is 2.37. The van der Waals surface area contributed by atoms with Crippen LogP contribution in [0.5, 0.6) is 0 Å². The van der Waals surface area contributed by atoms with Crippen LogP contribution in [-0.2, 0) is 57.7 Å². The Morgan fingerprint density at radius 2 is 0.730 bits per heavy atom. The lowest BCUT2D eigenvalue weighted by atomic mass is 9.80. The minimum absolute atomic E-state index is 0.186. The molecule has 0 amide bonds. The number of carbonyl (C=O) groups excluding carboxylic acids is 1. The maximum atomic E-state index is 12.2. The summed E-state index contributed by atoms with van der Waals surface area (Å²) < 4.78 is 62.3. The average molecular weight is 876 g/mol. The van der Waals surface area contributed by atoms with Crippen LogP contribution in [0.15, 0.2) is 115 Å². The molecule has 0 fully saturated rings.